The van der Waals surface area contributed by atoms with E-state index in [2.05, 4.69) is 0 Å². The molecule has 23 heavy (non-hydrogen) atoms. The van der Waals surface area contributed by atoms with Crippen molar-refractivity contribution in [3.05, 3.63) is 0 Å². The van der Waals surface area contributed by atoms with Crippen molar-refractivity contribution in [3.8, 4) is 0 Å². The van der Waals surface area contributed by atoms with Crippen molar-refractivity contribution in [2.45, 2.75) is 54.8 Å². The summed E-state index contributed by atoms with van der Waals surface area (Å²) in [7, 11) is 0. The first-order valence-electron chi connectivity index (χ1n) is 7.05. The van der Waals surface area contributed by atoms with Gasteiger partial charge < -0.3 is 55.1 Å². The highest BCUT2D eigenvalue weighted by atomic mass is 16.7. The molecule has 0 aromatic carbocycles. The van der Waals surface area contributed by atoms with Crippen molar-refractivity contribution >= 4 is 0 Å². The van der Waals surface area contributed by atoms with E-state index in [1.165, 1.54) is 0 Å². The average Bonchev–Trinajstić information content (AvgIpc) is 2.80. The number of hydrogen-bond acceptors (Lipinski definition) is 11. The van der Waals surface area contributed by atoms with Crippen molar-refractivity contribution in [2.75, 3.05) is 19.8 Å². The molecule has 9 atom stereocenters. The van der Waals surface area contributed by atoms with Gasteiger partial charge in [0.1, 0.15) is 42.7 Å². The zero-order chi connectivity index (χ0) is 17.4. The van der Waals surface area contributed by atoms with Gasteiger partial charge in [0.25, 0.3) is 0 Å². The smallest absolute Gasteiger partial charge is 0.219 e. The third-order valence-electron chi connectivity index (χ3n) is 4.04. The Labute approximate surface area is 130 Å². The van der Waals surface area contributed by atoms with Crippen LogP contribution in [0.5, 0.6) is 0 Å². The maximum atomic E-state index is 10.00. The van der Waals surface area contributed by atoms with E-state index in [9.17, 15) is 30.6 Å². The summed E-state index contributed by atoms with van der Waals surface area (Å²) in [5, 5.41) is 76.5. The highest BCUT2D eigenvalue weighted by molar-refractivity contribution is 4.98. The summed E-state index contributed by atoms with van der Waals surface area (Å²) in [4.78, 5) is 0. The summed E-state index contributed by atoms with van der Waals surface area (Å²) in [6.45, 7) is -2.32. The molecule has 2 rings (SSSR count). The van der Waals surface area contributed by atoms with E-state index >= 15 is 0 Å². The first-order chi connectivity index (χ1) is 10.8. The molecule has 136 valence electrons. The van der Waals surface area contributed by atoms with E-state index in [0.29, 0.717) is 0 Å². The predicted molar refractivity (Wildman–Crippen MR) is 68.6 cm³/mol. The Balaban J connectivity index is 2.13. The minimum Gasteiger partial charge on any atom is -0.394 e. The van der Waals surface area contributed by atoms with Crippen LogP contribution in [0.2, 0.25) is 0 Å². The van der Waals surface area contributed by atoms with Crippen molar-refractivity contribution < 1.29 is 55.1 Å². The molecule has 0 radical (unpaired) electrons. The van der Waals surface area contributed by atoms with E-state index < -0.39 is 74.6 Å². The van der Waals surface area contributed by atoms with Crippen molar-refractivity contribution in [1.29, 1.82) is 0 Å². The molecular formula is C12H22O11. The van der Waals surface area contributed by atoms with Crippen molar-refractivity contribution in [3.63, 3.8) is 0 Å². The average molecular weight is 342 g/mol. The Kier molecular flexibility index (Phi) is 5.92. The molecule has 2 aliphatic rings. The normalized spacial score (nSPS) is 51.1. The lowest BCUT2D eigenvalue weighted by molar-refractivity contribution is -0.318. The van der Waals surface area contributed by atoms with Gasteiger partial charge in [-0.2, -0.15) is 0 Å². The molecule has 0 aromatic heterocycles. The Morgan fingerprint density at radius 3 is 2.00 bits per heavy atom. The molecule has 0 spiro atoms. The maximum Gasteiger partial charge on any atom is 0.219 e. The highest BCUT2D eigenvalue weighted by Crippen LogP contribution is 2.33. The monoisotopic (exact) mass is 342 g/mol. The van der Waals surface area contributed by atoms with Crippen LogP contribution in [0.25, 0.3) is 0 Å². The van der Waals surface area contributed by atoms with Crippen LogP contribution in [0.1, 0.15) is 0 Å². The van der Waals surface area contributed by atoms with Gasteiger partial charge in [0.2, 0.25) is 5.79 Å². The van der Waals surface area contributed by atoms with Crippen molar-refractivity contribution in [1.82, 2.24) is 0 Å². The van der Waals surface area contributed by atoms with E-state index in [4.69, 9.17) is 24.4 Å². The van der Waals surface area contributed by atoms with Crippen LogP contribution in [0.4, 0.5) is 0 Å². The number of rotatable bonds is 5. The van der Waals surface area contributed by atoms with Crippen LogP contribution in [-0.2, 0) is 14.2 Å². The van der Waals surface area contributed by atoms with E-state index in [-0.39, 0.29) is 0 Å². The molecule has 2 heterocycles. The van der Waals surface area contributed by atoms with Crippen molar-refractivity contribution in [2.24, 2.45) is 0 Å². The molecule has 0 saturated carbocycles. The molecule has 0 aromatic rings. The minimum absolute atomic E-state index is 0.668. The van der Waals surface area contributed by atoms with Gasteiger partial charge in [-0.1, -0.05) is 0 Å². The third-order valence-corrected chi connectivity index (χ3v) is 4.04. The standard InChI is InChI=1S/C12H22O11/c13-1-4-6(16)7(17)8(18)11(21-4)22-9-5(2-14)23-12(20,3-15)10(9)19/h4-11,13-20H,1-3H2/t4?,5-,6+,7+,8?,9+,10?,11+,12?/m1/s1. The zero-order valence-electron chi connectivity index (χ0n) is 12.0. The Bertz CT molecular complexity index is 393. The Morgan fingerprint density at radius 1 is 0.870 bits per heavy atom. The lowest BCUT2D eigenvalue weighted by atomic mass is 9.99. The molecule has 8 N–H and O–H groups in total. The summed E-state index contributed by atoms with van der Waals surface area (Å²) < 4.78 is 15.3. The molecule has 11 nitrogen and oxygen atoms in total. The molecule has 11 heteroatoms. The molecule has 2 aliphatic heterocycles. The topological polar surface area (TPSA) is 190 Å². The number of aliphatic hydroxyl groups excluding tert-OH is 7. The van der Waals surface area contributed by atoms with Crippen LogP contribution in [-0.4, -0.2) is 115 Å². The number of aliphatic hydroxyl groups is 8. The van der Waals surface area contributed by atoms with E-state index in [1.54, 1.807) is 0 Å². The van der Waals surface area contributed by atoms with Crippen LogP contribution < -0.4 is 0 Å². The van der Waals surface area contributed by atoms with Gasteiger partial charge in [-0.25, -0.2) is 0 Å². The highest BCUT2D eigenvalue weighted by Gasteiger charge is 2.56. The van der Waals surface area contributed by atoms with Gasteiger partial charge in [-0.3, -0.25) is 0 Å². The van der Waals surface area contributed by atoms with Gasteiger partial charge >= 0.3 is 0 Å². The summed E-state index contributed by atoms with van der Waals surface area (Å²) in [5.41, 5.74) is 0. The lowest BCUT2D eigenvalue weighted by Crippen LogP contribution is -2.60. The van der Waals surface area contributed by atoms with E-state index in [1.807, 2.05) is 0 Å². The second-order valence-corrected chi connectivity index (χ2v) is 5.58. The van der Waals surface area contributed by atoms with Crippen LogP contribution in [0, 0.1) is 0 Å². The van der Waals surface area contributed by atoms with Gasteiger partial charge in [0, 0.05) is 0 Å². The first kappa shape index (κ1) is 18.9. The predicted octanol–water partition coefficient (Wildman–Crippen LogP) is -5.40. The summed E-state index contributed by atoms with van der Waals surface area (Å²) in [6, 6.07) is 0. The molecule has 0 aliphatic carbocycles. The van der Waals surface area contributed by atoms with Gasteiger partial charge in [-0.15, -0.1) is 0 Å². The molecule has 2 fully saturated rings. The lowest BCUT2D eigenvalue weighted by Gasteiger charge is -2.41. The molecule has 2 saturated heterocycles. The fourth-order valence-electron chi connectivity index (χ4n) is 2.63. The molecule has 4 unspecified atom stereocenters. The van der Waals surface area contributed by atoms with Gasteiger partial charge in [0.05, 0.1) is 19.8 Å². The number of ether oxygens (including phenoxy) is 3. The molecular weight excluding hydrogens is 320 g/mol. The quantitative estimate of drug-likeness (QED) is 0.238. The minimum atomic E-state index is -2.37. The Hall–Kier alpha value is -0.440. The number of hydrogen-bond donors (Lipinski definition) is 8. The second-order valence-electron chi connectivity index (χ2n) is 5.58. The Morgan fingerprint density at radius 2 is 1.48 bits per heavy atom. The summed E-state index contributed by atoms with van der Waals surface area (Å²) in [5.74, 6) is -2.37. The summed E-state index contributed by atoms with van der Waals surface area (Å²) >= 11 is 0. The zero-order valence-corrected chi connectivity index (χ0v) is 12.0. The SMILES string of the molecule is OCC1O[C@@H](O[C@@H]2C(O)C(O)(CO)O[C@@H]2CO)C(O)[C@@H](O)[C@H]1O. The van der Waals surface area contributed by atoms with Crippen LogP contribution in [0.3, 0.4) is 0 Å². The second kappa shape index (κ2) is 7.21. The molecule has 0 amide bonds. The van der Waals surface area contributed by atoms with E-state index in [0.717, 1.165) is 0 Å². The summed E-state index contributed by atoms with van der Waals surface area (Å²) in [6.07, 6.45) is -12.2. The fraction of sp³-hybridized carbons (Fsp3) is 1.00. The van der Waals surface area contributed by atoms with Crippen LogP contribution in [0.15, 0.2) is 0 Å². The largest absolute Gasteiger partial charge is 0.394 e. The van der Waals surface area contributed by atoms with Crippen LogP contribution >= 0.6 is 0 Å². The van der Waals surface area contributed by atoms with Gasteiger partial charge in [0.15, 0.2) is 6.29 Å². The maximum absolute atomic E-state index is 10.00. The third kappa shape index (κ3) is 3.36. The first-order valence-corrected chi connectivity index (χ1v) is 7.05. The van der Waals surface area contributed by atoms with Gasteiger partial charge in [-0.05, 0) is 0 Å². The fourth-order valence-corrected chi connectivity index (χ4v) is 2.63. The molecule has 0 bridgehead atoms.